The fourth-order valence-electron chi connectivity index (χ4n) is 2.36. The lowest BCUT2D eigenvalue weighted by Crippen LogP contribution is -2.50. The fraction of sp³-hybridized carbons (Fsp3) is 1.00. The molecule has 1 aliphatic rings. The maximum atomic E-state index is 12.1. The van der Waals surface area contributed by atoms with Crippen LogP contribution in [0.3, 0.4) is 0 Å². The number of piperidine rings is 1. The number of hydrogen-bond donors (Lipinski definition) is 2. The van der Waals surface area contributed by atoms with Gasteiger partial charge in [-0.1, -0.05) is 6.92 Å². The van der Waals surface area contributed by atoms with E-state index >= 15 is 0 Å². The van der Waals surface area contributed by atoms with Crippen LogP contribution in [0, 0.1) is 5.92 Å². The molecule has 0 aliphatic carbocycles. The van der Waals surface area contributed by atoms with Crippen molar-refractivity contribution in [2.24, 2.45) is 5.92 Å². The molecule has 1 fully saturated rings. The molecular weight excluding hydrogens is 214 g/mol. The first-order valence-corrected chi connectivity index (χ1v) is 6.00. The Hall–Kier alpha value is -0.260. The highest BCUT2D eigenvalue weighted by Gasteiger charge is 2.26. The summed E-state index contributed by atoms with van der Waals surface area (Å²) in [4.78, 5) is 2.26. The zero-order chi connectivity index (χ0) is 12.0. The van der Waals surface area contributed by atoms with E-state index in [2.05, 4.69) is 17.1 Å². The zero-order valence-electron chi connectivity index (χ0n) is 9.83. The Balaban J connectivity index is 2.37. The predicted octanol–water partition coefficient (Wildman–Crippen LogP) is 0.934. The molecule has 1 aliphatic heterocycles. The second-order valence-electron chi connectivity index (χ2n) is 4.46. The van der Waals surface area contributed by atoms with Crippen molar-refractivity contribution >= 4 is 0 Å². The van der Waals surface area contributed by atoms with Gasteiger partial charge in [0.25, 0.3) is 6.43 Å². The average molecular weight is 236 g/mol. The summed E-state index contributed by atoms with van der Waals surface area (Å²) >= 11 is 0. The van der Waals surface area contributed by atoms with Gasteiger partial charge in [-0.3, -0.25) is 0 Å². The minimum absolute atomic E-state index is 0.138. The molecule has 0 aromatic heterocycles. The molecule has 0 aromatic carbocycles. The van der Waals surface area contributed by atoms with Gasteiger partial charge < -0.3 is 15.3 Å². The molecule has 0 aromatic rings. The van der Waals surface area contributed by atoms with Gasteiger partial charge in [0, 0.05) is 25.7 Å². The molecule has 0 saturated carbocycles. The molecule has 0 spiro atoms. The number of halogens is 2. The summed E-state index contributed by atoms with van der Waals surface area (Å²) in [5, 5.41) is 11.8. The van der Waals surface area contributed by atoms with Crippen molar-refractivity contribution in [1.82, 2.24) is 10.2 Å². The first-order valence-electron chi connectivity index (χ1n) is 6.00. The summed E-state index contributed by atoms with van der Waals surface area (Å²) in [6, 6.07) is 0.138. The molecule has 3 nitrogen and oxygen atoms in total. The highest BCUT2D eigenvalue weighted by atomic mass is 19.3. The SMILES string of the molecule is CCN1CC(CCO)CC(NCC(F)F)C1. The maximum absolute atomic E-state index is 12.1. The van der Waals surface area contributed by atoms with Crippen LogP contribution in [-0.4, -0.2) is 55.3 Å². The van der Waals surface area contributed by atoms with Crippen LogP contribution in [0.4, 0.5) is 8.78 Å². The van der Waals surface area contributed by atoms with Crippen molar-refractivity contribution in [2.45, 2.75) is 32.2 Å². The van der Waals surface area contributed by atoms with Crippen molar-refractivity contribution in [2.75, 3.05) is 32.8 Å². The molecule has 2 unspecified atom stereocenters. The van der Waals surface area contributed by atoms with E-state index in [1.54, 1.807) is 0 Å². The number of alkyl halides is 2. The van der Waals surface area contributed by atoms with E-state index in [0.29, 0.717) is 5.92 Å². The molecular formula is C11H22F2N2O. The van der Waals surface area contributed by atoms with Gasteiger partial charge in [-0.25, -0.2) is 8.78 Å². The molecule has 2 atom stereocenters. The molecule has 16 heavy (non-hydrogen) atoms. The van der Waals surface area contributed by atoms with E-state index in [0.717, 1.165) is 32.5 Å². The van der Waals surface area contributed by atoms with Crippen molar-refractivity contribution < 1.29 is 13.9 Å². The van der Waals surface area contributed by atoms with E-state index in [-0.39, 0.29) is 19.2 Å². The van der Waals surface area contributed by atoms with Gasteiger partial charge in [0.1, 0.15) is 0 Å². The fourth-order valence-corrected chi connectivity index (χ4v) is 2.36. The van der Waals surface area contributed by atoms with Crippen molar-refractivity contribution in [1.29, 1.82) is 0 Å². The monoisotopic (exact) mass is 236 g/mol. The normalized spacial score (nSPS) is 27.6. The van der Waals surface area contributed by atoms with Crippen molar-refractivity contribution in [3.05, 3.63) is 0 Å². The molecule has 0 amide bonds. The van der Waals surface area contributed by atoms with Gasteiger partial charge in [0.15, 0.2) is 0 Å². The van der Waals surface area contributed by atoms with Crippen LogP contribution in [0.15, 0.2) is 0 Å². The van der Waals surface area contributed by atoms with Gasteiger partial charge in [-0.15, -0.1) is 0 Å². The first-order chi connectivity index (χ1) is 7.65. The van der Waals surface area contributed by atoms with Crippen LogP contribution in [0.25, 0.3) is 0 Å². The Morgan fingerprint density at radius 1 is 1.44 bits per heavy atom. The molecule has 0 bridgehead atoms. The Morgan fingerprint density at radius 2 is 2.19 bits per heavy atom. The number of likely N-dealkylation sites (tertiary alicyclic amines) is 1. The number of aliphatic hydroxyl groups is 1. The Bertz CT molecular complexity index is 193. The van der Waals surface area contributed by atoms with Gasteiger partial charge in [-0.05, 0) is 25.3 Å². The van der Waals surface area contributed by atoms with E-state index in [1.165, 1.54) is 0 Å². The second-order valence-corrected chi connectivity index (χ2v) is 4.46. The number of hydrogen-bond acceptors (Lipinski definition) is 3. The molecule has 96 valence electrons. The lowest BCUT2D eigenvalue weighted by atomic mass is 9.91. The summed E-state index contributed by atoms with van der Waals surface area (Å²) in [6.45, 7) is 4.78. The van der Waals surface area contributed by atoms with E-state index < -0.39 is 6.43 Å². The quantitative estimate of drug-likeness (QED) is 0.720. The molecule has 1 heterocycles. The molecule has 2 N–H and O–H groups in total. The van der Waals surface area contributed by atoms with E-state index in [4.69, 9.17) is 5.11 Å². The summed E-state index contributed by atoms with van der Waals surface area (Å²) in [5.74, 6) is 0.425. The smallest absolute Gasteiger partial charge is 0.250 e. The summed E-state index contributed by atoms with van der Waals surface area (Å²) < 4.78 is 24.2. The summed E-state index contributed by atoms with van der Waals surface area (Å²) in [6.07, 6.45) is -0.624. The minimum Gasteiger partial charge on any atom is -0.396 e. The van der Waals surface area contributed by atoms with Crippen molar-refractivity contribution in [3.63, 3.8) is 0 Å². The van der Waals surface area contributed by atoms with Crippen molar-refractivity contribution in [3.8, 4) is 0 Å². The number of nitrogens with one attached hydrogen (secondary N) is 1. The average Bonchev–Trinajstić information content (AvgIpc) is 2.26. The standard InChI is InChI=1S/C11H22F2N2O/c1-2-15-7-9(3-4-16)5-10(8-15)14-6-11(12)13/h9-11,14,16H,2-8H2,1H3. The third-order valence-corrected chi connectivity index (χ3v) is 3.16. The predicted molar refractivity (Wildman–Crippen MR) is 59.7 cm³/mol. The van der Waals surface area contributed by atoms with Crippen LogP contribution in [0.1, 0.15) is 19.8 Å². The van der Waals surface area contributed by atoms with Crippen LogP contribution in [0.5, 0.6) is 0 Å². The van der Waals surface area contributed by atoms with E-state index in [9.17, 15) is 8.78 Å². The van der Waals surface area contributed by atoms with Gasteiger partial charge in [0.05, 0.1) is 6.54 Å². The number of rotatable bonds is 6. The van der Waals surface area contributed by atoms with Gasteiger partial charge in [0.2, 0.25) is 0 Å². The van der Waals surface area contributed by atoms with Crippen LogP contribution < -0.4 is 5.32 Å². The van der Waals surface area contributed by atoms with Gasteiger partial charge in [-0.2, -0.15) is 0 Å². The third kappa shape index (κ3) is 4.72. The first kappa shape index (κ1) is 13.8. The topological polar surface area (TPSA) is 35.5 Å². The van der Waals surface area contributed by atoms with Crippen LogP contribution in [0.2, 0.25) is 0 Å². The third-order valence-electron chi connectivity index (χ3n) is 3.16. The Labute approximate surface area is 95.8 Å². The van der Waals surface area contributed by atoms with Gasteiger partial charge >= 0.3 is 0 Å². The van der Waals surface area contributed by atoms with Crippen LogP contribution >= 0.6 is 0 Å². The van der Waals surface area contributed by atoms with E-state index in [1.807, 2.05) is 0 Å². The zero-order valence-corrected chi connectivity index (χ0v) is 9.83. The lowest BCUT2D eigenvalue weighted by molar-refractivity contribution is 0.102. The lowest BCUT2D eigenvalue weighted by Gasteiger charge is -2.37. The number of nitrogens with zero attached hydrogens (tertiary/aromatic N) is 1. The summed E-state index contributed by atoms with van der Waals surface area (Å²) in [5.41, 5.74) is 0. The maximum Gasteiger partial charge on any atom is 0.250 e. The number of aliphatic hydroxyl groups excluding tert-OH is 1. The minimum atomic E-state index is -2.28. The second kappa shape index (κ2) is 7.14. The highest BCUT2D eigenvalue weighted by molar-refractivity contribution is 4.83. The highest BCUT2D eigenvalue weighted by Crippen LogP contribution is 2.19. The molecule has 5 heteroatoms. The Kier molecular flexibility index (Phi) is 6.16. The molecule has 1 saturated heterocycles. The summed E-state index contributed by atoms with van der Waals surface area (Å²) in [7, 11) is 0. The Morgan fingerprint density at radius 3 is 2.75 bits per heavy atom. The van der Waals surface area contributed by atoms with Crippen LogP contribution in [-0.2, 0) is 0 Å². The largest absolute Gasteiger partial charge is 0.396 e. The molecule has 1 rings (SSSR count). The number of likely N-dealkylation sites (N-methyl/N-ethyl adjacent to an activating group) is 1. The molecule has 0 radical (unpaired) electrons.